The molecule has 0 atom stereocenters. The molecule has 0 fully saturated rings. The van der Waals surface area contributed by atoms with Gasteiger partial charge in [0.25, 0.3) is 10.0 Å². The van der Waals surface area contributed by atoms with Crippen LogP contribution in [0.15, 0.2) is 47.4 Å². The average Bonchev–Trinajstić information content (AvgIpc) is 2.53. The fourth-order valence-electron chi connectivity index (χ4n) is 2.33. The third-order valence-electron chi connectivity index (χ3n) is 3.42. The molecule has 0 radical (unpaired) electrons. The van der Waals surface area contributed by atoms with E-state index in [1.54, 1.807) is 12.1 Å². The van der Waals surface area contributed by atoms with Gasteiger partial charge in [-0.3, -0.25) is 4.72 Å². The number of anilines is 1. The quantitative estimate of drug-likeness (QED) is 0.624. The molecule has 0 spiro atoms. The highest BCUT2D eigenvalue weighted by Gasteiger charge is 2.24. The number of carboxylic acids is 1. The van der Waals surface area contributed by atoms with Crippen LogP contribution in [-0.4, -0.2) is 24.5 Å². The Labute approximate surface area is 163 Å². The van der Waals surface area contributed by atoms with Crippen molar-refractivity contribution in [1.29, 1.82) is 0 Å². The minimum absolute atomic E-state index is 0.0904. The van der Waals surface area contributed by atoms with Gasteiger partial charge in [-0.25, -0.2) is 18.2 Å². The maximum absolute atomic E-state index is 12.7. The zero-order valence-corrected chi connectivity index (χ0v) is 15.8. The molecule has 0 aliphatic heterocycles. The van der Waals surface area contributed by atoms with Gasteiger partial charge in [-0.1, -0.05) is 53.0 Å². The number of carboxylic acid groups (broad SMARTS) is 1. The first-order valence-corrected chi connectivity index (χ1v) is 9.61. The van der Waals surface area contributed by atoms with E-state index in [2.05, 4.69) is 9.71 Å². The van der Waals surface area contributed by atoms with Gasteiger partial charge >= 0.3 is 5.97 Å². The lowest BCUT2D eigenvalue weighted by molar-refractivity contribution is 0.0691. The molecule has 2 aromatic carbocycles. The monoisotopic (exact) mass is 430 g/mol. The second-order valence-corrected chi connectivity index (χ2v) is 8.05. The zero-order valence-electron chi connectivity index (χ0n) is 12.7. The molecule has 2 N–H and O–H groups in total. The van der Waals surface area contributed by atoms with Crippen LogP contribution in [0, 0.1) is 0 Å². The van der Waals surface area contributed by atoms with Gasteiger partial charge in [0.2, 0.25) is 0 Å². The number of fused-ring (bicyclic) bond motifs is 1. The van der Waals surface area contributed by atoms with Crippen LogP contribution in [0.2, 0.25) is 15.1 Å². The lowest BCUT2D eigenvalue weighted by Crippen LogP contribution is -2.15. The summed E-state index contributed by atoms with van der Waals surface area (Å²) in [6, 6.07) is 10.1. The summed E-state index contributed by atoms with van der Waals surface area (Å²) < 4.78 is 27.8. The first-order chi connectivity index (χ1) is 12.2. The van der Waals surface area contributed by atoms with Crippen LogP contribution in [0.5, 0.6) is 0 Å². The molecule has 0 amide bonds. The van der Waals surface area contributed by atoms with Crippen molar-refractivity contribution >= 4 is 67.4 Å². The first kappa shape index (κ1) is 18.7. The van der Waals surface area contributed by atoms with Gasteiger partial charge in [-0.05, 0) is 24.3 Å². The number of aromatic carboxylic acids is 1. The highest BCUT2D eigenvalue weighted by molar-refractivity contribution is 7.93. The fourth-order valence-corrected chi connectivity index (χ4v) is 4.94. The van der Waals surface area contributed by atoms with Crippen LogP contribution in [0.4, 0.5) is 5.69 Å². The number of carbonyl (C=O) groups is 1. The van der Waals surface area contributed by atoms with Crippen LogP contribution in [0.3, 0.4) is 0 Å². The number of benzene rings is 2. The fraction of sp³-hybridized carbons (Fsp3) is 0. The number of sulfonamides is 1. The van der Waals surface area contributed by atoms with Crippen molar-refractivity contribution < 1.29 is 18.3 Å². The number of aromatic nitrogens is 1. The van der Waals surface area contributed by atoms with Gasteiger partial charge in [-0.2, -0.15) is 0 Å². The van der Waals surface area contributed by atoms with Gasteiger partial charge in [0, 0.05) is 10.4 Å². The second-order valence-electron chi connectivity index (χ2n) is 5.18. The van der Waals surface area contributed by atoms with E-state index in [9.17, 15) is 13.2 Å². The number of rotatable bonds is 4. The molecule has 10 heteroatoms. The number of pyridine rings is 1. The Morgan fingerprint density at radius 3 is 2.31 bits per heavy atom. The standard InChI is InChI=1S/C16H9Cl3N2O4S/c17-9-6-10(18)15(11(19)7-9)26(24,25)21-12-3-1-2-8-4-5-13(16(22)23)20-14(8)12/h1-7,21H,(H,22,23). The zero-order chi connectivity index (χ0) is 19.1. The molecule has 0 saturated heterocycles. The number of halogens is 3. The molecule has 134 valence electrons. The van der Waals surface area contributed by atoms with Gasteiger partial charge in [0.05, 0.1) is 21.2 Å². The van der Waals surface area contributed by atoms with Crippen molar-refractivity contribution in [3.8, 4) is 0 Å². The van der Waals surface area contributed by atoms with Crippen LogP contribution in [-0.2, 0) is 10.0 Å². The number of para-hydroxylation sites is 1. The van der Waals surface area contributed by atoms with E-state index >= 15 is 0 Å². The van der Waals surface area contributed by atoms with Crippen LogP contribution in [0.1, 0.15) is 10.5 Å². The largest absolute Gasteiger partial charge is 0.477 e. The van der Waals surface area contributed by atoms with Gasteiger partial charge < -0.3 is 5.11 Å². The van der Waals surface area contributed by atoms with Crippen LogP contribution >= 0.6 is 34.8 Å². The Morgan fingerprint density at radius 2 is 1.69 bits per heavy atom. The molecular formula is C16H9Cl3N2O4S. The lowest BCUT2D eigenvalue weighted by Gasteiger charge is -2.13. The summed E-state index contributed by atoms with van der Waals surface area (Å²) in [6.45, 7) is 0. The van der Waals surface area contributed by atoms with Crippen molar-refractivity contribution in [2.45, 2.75) is 4.90 Å². The molecule has 1 aromatic heterocycles. The Balaban J connectivity index is 2.14. The van der Waals surface area contributed by atoms with Crippen LogP contribution in [0.25, 0.3) is 10.9 Å². The smallest absolute Gasteiger partial charge is 0.354 e. The maximum atomic E-state index is 12.7. The third kappa shape index (κ3) is 3.57. The molecule has 0 aliphatic carbocycles. The highest BCUT2D eigenvalue weighted by Crippen LogP contribution is 2.34. The topological polar surface area (TPSA) is 96.4 Å². The van der Waals surface area contributed by atoms with Gasteiger partial charge in [0.15, 0.2) is 0 Å². The lowest BCUT2D eigenvalue weighted by atomic mass is 10.2. The van der Waals surface area contributed by atoms with E-state index in [1.807, 2.05) is 0 Å². The van der Waals surface area contributed by atoms with E-state index < -0.39 is 16.0 Å². The van der Waals surface area contributed by atoms with Crippen LogP contribution < -0.4 is 4.72 Å². The molecule has 0 bridgehead atoms. The Kier molecular flexibility index (Phi) is 4.98. The van der Waals surface area contributed by atoms with E-state index in [-0.39, 0.29) is 36.9 Å². The summed E-state index contributed by atoms with van der Waals surface area (Å²) >= 11 is 17.8. The summed E-state index contributed by atoms with van der Waals surface area (Å²) in [6.07, 6.45) is 0. The Hall–Kier alpha value is -2.06. The average molecular weight is 432 g/mol. The molecule has 0 saturated carbocycles. The summed E-state index contributed by atoms with van der Waals surface area (Å²) in [5, 5.41) is 9.56. The molecule has 3 rings (SSSR count). The minimum atomic E-state index is -4.18. The predicted octanol–water partition coefficient (Wildman–Crippen LogP) is 4.69. The first-order valence-electron chi connectivity index (χ1n) is 6.99. The van der Waals surface area contributed by atoms with Gasteiger partial charge in [-0.15, -0.1) is 0 Å². The van der Waals surface area contributed by atoms with Crippen molar-refractivity contribution in [2.75, 3.05) is 4.72 Å². The molecule has 26 heavy (non-hydrogen) atoms. The van der Waals surface area contributed by atoms with Crippen molar-refractivity contribution in [3.05, 3.63) is 63.2 Å². The Morgan fingerprint density at radius 1 is 1.04 bits per heavy atom. The van der Waals surface area contributed by atoms with E-state index in [0.29, 0.717) is 5.39 Å². The van der Waals surface area contributed by atoms with E-state index in [0.717, 1.165) is 0 Å². The number of nitrogens with one attached hydrogen (secondary N) is 1. The summed E-state index contributed by atoms with van der Waals surface area (Å²) in [4.78, 5) is 14.8. The summed E-state index contributed by atoms with van der Waals surface area (Å²) in [5.41, 5.74) is 0.0524. The van der Waals surface area contributed by atoms with E-state index in [1.165, 1.54) is 30.3 Å². The van der Waals surface area contributed by atoms with Crippen molar-refractivity contribution in [3.63, 3.8) is 0 Å². The molecule has 6 nitrogen and oxygen atoms in total. The van der Waals surface area contributed by atoms with Crippen molar-refractivity contribution in [2.24, 2.45) is 0 Å². The molecular weight excluding hydrogens is 423 g/mol. The van der Waals surface area contributed by atoms with Crippen molar-refractivity contribution in [1.82, 2.24) is 4.98 Å². The normalized spacial score (nSPS) is 11.5. The number of hydrogen-bond acceptors (Lipinski definition) is 4. The third-order valence-corrected chi connectivity index (χ3v) is 5.92. The highest BCUT2D eigenvalue weighted by atomic mass is 35.5. The number of hydrogen-bond donors (Lipinski definition) is 2. The van der Waals surface area contributed by atoms with E-state index in [4.69, 9.17) is 39.9 Å². The molecule has 0 aliphatic rings. The minimum Gasteiger partial charge on any atom is -0.477 e. The summed E-state index contributed by atoms with van der Waals surface area (Å²) in [5.74, 6) is -1.23. The SMILES string of the molecule is O=C(O)c1ccc2cccc(NS(=O)(=O)c3c(Cl)cc(Cl)cc3Cl)c2n1. The molecule has 0 unspecified atom stereocenters. The summed E-state index contributed by atoms with van der Waals surface area (Å²) in [7, 11) is -4.18. The molecule has 3 aromatic rings. The second kappa shape index (κ2) is 6.92. The number of nitrogens with zero attached hydrogens (tertiary/aromatic N) is 1. The van der Waals surface area contributed by atoms with Gasteiger partial charge in [0.1, 0.15) is 10.6 Å². The Bertz CT molecular complexity index is 1130. The maximum Gasteiger partial charge on any atom is 0.354 e. The molecule has 1 heterocycles. The predicted molar refractivity (Wildman–Crippen MR) is 101 cm³/mol.